The smallest absolute Gasteiger partial charge is 0.257 e. The molecule has 0 saturated carbocycles. The Balaban J connectivity index is 2.18. The van der Waals surface area contributed by atoms with Crippen molar-refractivity contribution >= 4 is 27.7 Å². The van der Waals surface area contributed by atoms with Gasteiger partial charge in [0.25, 0.3) is 5.91 Å². The second-order valence-electron chi connectivity index (χ2n) is 4.98. The van der Waals surface area contributed by atoms with E-state index in [0.717, 1.165) is 4.47 Å². The molecule has 19 heavy (non-hydrogen) atoms. The third kappa shape index (κ3) is 3.23. The number of hydrazine groups is 1. The summed E-state index contributed by atoms with van der Waals surface area (Å²) >= 11 is 3.29. The molecule has 1 saturated heterocycles. The average molecular weight is 329 g/mol. The van der Waals surface area contributed by atoms with E-state index >= 15 is 0 Å². The van der Waals surface area contributed by atoms with Crippen LogP contribution in [0, 0.1) is 0 Å². The molecule has 7 heteroatoms. The topological polar surface area (TPSA) is 91.5 Å². The summed E-state index contributed by atoms with van der Waals surface area (Å²) in [7, 11) is 0. The maximum Gasteiger partial charge on any atom is 0.257 e. The molecule has 2 rings (SSSR count). The number of hydrogen-bond donors (Lipinski definition) is 3. The summed E-state index contributed by atoms with van der Waals surface area (Å²) in [6.07, 6.45) is 2.73. The van der Waals surface area contributed by atoms with Crippen LogP contribution in [-0.2, 0) is 0 Å². The zero-order valence-electron chi connectivity index (χ0n) is 10.7. The van der Waals surface area contributed by atoms with Crippen molar-refractivity contribution in [2.24, 2.45) is 5.84 Å². The number of aromatic nitrogens is 1. The van der Waals surface area contributed by atoms with Crippen LogP contribution in [0.25, 0.3) is 0 Å². The monoisotopic (exact) mass is 328 g/mol. The number of piperidine rings is 1. The van der Waals surface area contributed by atoms with E-state index in [-0.39, 0.29) is 5.91 Å². The predicted octanol–water partition coefficient (Wildman–Crippen LogP) is 1.12. The van der Waals surface area contributed by atoms with Crippen LogP contribution in [0.4, 0.5) is 5.82 Å². The van der Waals surface area contributed by atoms with Crippen molar-refractivity contribution in [2.45, 2.75) is 25.4 Å². The molecule has 0 spiro atoms. The Kier molecular flexibility index (Phi) is 4.07. The fraction of sp³-hybridized carbons (Fsp3) is 0.500. The van der Waals surface area contributed by atoms with Crippen molar-refractivity contribution in [3.05, 3.63) is 22.3 Å². The molecule has 0 unspecified atom stereocenters. The average Bonchev–Trinajstić information content (AvgIpc) is 2.38. The summed E-state index contributed by atoms with van der Waals surface area (Å²) in [5.74, 6) is 5.60. The van der Waals surface area contributed by atoms with Gasteiger partial charge in [0.1, 0.15) is 0 Å². The van der Waals surface area contributed by atoms with Gasteiger partial charge in [-0.15, -0.1) is 0 Å². The Morgan fingerprint density at radius 2 is 2.21 bits per heavy atom. The zero-order valence-corrected chi connectivity index (χ0v) is 12.3. The van der Waals surface area contributed by atoms with Gasteiger partial charge in [0, 0.05) is 23.8 Å². The second kappa shape index (κ2) is 5.44. The standard InChI is InChI=1S/C12H17BrN4O2/c1-12(19)2-4-17(5-3-12)11(18)9-6-8(13)7-15-10(9)16-14/h6-7,19H,2-5,14H2,1H3,(H,15,16). The number of amides is 1. The Labute approximate surface area is 120 Å². The van der Waals surface area contributed by atoms with Gasteiger partial charge < -0.3 is 15.4 Å². The minimum atomic E-state index is -0.679. The quantitative estimate of drug-likeness (QED) is 0.559. The number of anilines is 1. The lowest BCUT2D eigenvalue weighted by Crippen LogP contribution is -2.45. The molecule has 1 aliphatic rings. The molecule has 6 nitrogen and oxygen atoms in total. The van der Waals surface area contributed by atoms with Crippen LogP contribution in [-0.4, -0.2) is 39.6 Å². The Morgan fingerprint density at radius 1 is 1.58 bits per heavy atom. The first-order valence-corrected chi connectivity index (χ1v) is 6.86. The number of carbonyl (C=O) groups excluding carboxylic acids is 1. The number of likely N-dealkylation sites (tertiary alicyclic amines) is 1. The molecule has 0 radical (unpaired) electrons. The molecule has 4 N–H and O–H groups in total. The van der Waals surface area contributed by atoms with Gasteiger partial charge >= 0.3 is 0 Å². The molecular weight excluding hydrogens is 312 g/mol. The highest BCUT2D eigenvalue weighted by molar-refractivity contribution is 9.10. The van der Waals surface area contributed by atoms with Gasteiger partial charge in [-0.2, -0.15) is 0 Å². The van der Waals surface area contributed by atoms with E-state index < -0.39 is 5.60 Å². The highest BCUT2D eigenvalue weighted by atomic mass is 79.9. The van der Waals surface area contributed by atoms with E-state index in [9.17, 15) is 9.90 Å². The van der Waals surface area contributed by atoms with Crippen molar-refractivity contribution in [1.82, 2.24) is 9.88 Å². The van der Waals surface area contributed by atoms with E-state index in [4.69, 9.17) is 5.84 Å². The molecule has 0 aromatic carbocycles. The lowest BCUT2D eigenvalue weighted by Gasteiger charge is -2.35. The molecule has 2 heterocycles. The van der Waals surface area contributed by atoms with Crippen molar-refractivity contribution in [3.63, 3.8) is 0 Å². The van der Waals surface area contributed by atoms with E-state index in [1.165, 1.54) is 0 Å². The molecule has 1 fully saturated rings. The van der Waals surface area contributed by atoms with Crippen molar-refractivity contribution in [2.75, 3.05) is 18.5 Å². The number of nitrogens with zero attached hydrogens (tertiary/aromatic N) is 2. The van der Waals surface area contributed by atoms with Gasteiger partial charge in [-0.1, -0.05) is 0 Å². The molecule has 1 aromatic rings. The highest BCUT2D eigenvalue weighted by Crippen LogP contribution is 2.25. The minimum Gasteiger partial charge on any atom is -0.390 e. The molecular formula is C12H17BrN4O2. The van der Waals surface area contributed by atoms with Gasteiger partial charge in [-0.25, -0.2) is 10.8 Å². The Morgan fingerprint density at radius 3 is 2.79 bits per heavy atom. The summed E-state index contributed by atoms with van der Waals surface area (Å²) in [6, 6.07) is 1.69. The zero-order chi connectivity index (χ0) is 14.0. The summed E-state index contributed by atoms with van der Waals surface area (Å²) in [5, 5.41) is 9.90. The number of nitrogens with one attached hydrogen (secondary N) is 1. The first-order chi connectivity index (χ1) is 8.93. The van der Waals surface area contributed by atoms with E-state index in [1.54, 1.807) is 24.1 Å². The second-order valence-corrected chi connectivity index (χ2v) is 5.90. The van der Waals surface area contributed by atoms with Gasteiger partial charge in [-0.3, -0.25) is 4.79 Å². The first-order valence-electron chi connectivity index (χ1n) is 6.07. The maximum absolute atomic E-state index is 12.4. The first kappa shape index (κ1) is 14.2. The van der Waals surface area contributed by atoms with E-state index in [2.05, 4.69) is 26.3 Å². The number of nitrogen functional groups attached to an aromatic ring is 1. The van der Waals surface area contributed by atoms with Crippen LogP contribution in [0.15, 0.2) is 16.7 Å². The lowest BCUT2D eigenvalue weighted by atomic mass is 9.93. The van der Waals surface area contributed by atoms with Crippen molar-refractivity contribution in [3.8, 4) is 0 Å². The van der Waals surface area contributed by atoms with Crippen molar-refractivity contribution < 1.29 is 9.90 Å². The lowest BCUT2D eigenvalue weighted by molar-refractivity contribution is -0.00200. The van der Waals surface area contributed by atoms with Crippen LogP contribution < -0.4 is 11.3 Å². The number of carbonyl (C=O) groups is 1. The van der Waals surface area contributed by atoms with Crippen molar-refractivity contribution in [1.29, 1.82) is 0 Å². The molecule has 104 valence electrons. The predicted molar refractivity (Wildman–Crippen MR) is 75.5 cm³/mol. The summed E-state index contributed by atoms with van der Waals surface area (Å²) in [5.41, 5.74) is 2.18. The highest BCUT2D eigenvalue weighted by Gasteiger charge is 2.30. The number of hydrogen-bond acceptors (Lipinski definition) is 5. The summed E-state index contributed by atoms with van der Waals surface area (Å²) in [4.78, 5) is 18.2. The van der Waals surface area contributed by atoms with Crippen LogP contribution in [0.5, 0.6) is 0 Å². The molecule has 1 aromatic heterocycles. The van der Waals surface area contributed by atoms with Crippen LogP contribution in [0.2, 0.25) is 0 Å². The number of rotatable bonds is 2. The molecule has 1 amide bonds. The largest absolute Gasteiger partial charge is 0.390 e. The normalized spacial score (nSPS) is 18.2. The number of nitrogens with two attached hydrogens (primary N) is 1. The summed E-state index contributed by atoms with van der Waals surface area (Å²) < 4.78 is 0.721. The number of aliphatic hydroxyl groups is 1. The van der Waals surface area contributed by atoms with E-state index in [1.807, 2.05) is 0 Å². The van der Waals surface area contributed by atoms with Crippen LogP contribution >= 0.6 is 15.9 Å². The molecule has 1 aliphatic heterocycles. The Hall–Kier alpha value is -1.18. The Bertz CT molecular complexity index is 483. The van der Waals surface area contributed by atoms with Crippen LogP contribution in [0.3, 0.4) is 0 Å². The molecule has 0 bridgehead atoms. The fourth-order valence-corrected chi connectivity index (χ4v) is 2.41. The molecule has 0 atom stereocenters. The summed E-state index contributed by atoms with van der Waals surface area (Å²) in [6.45, 7) is 2.85. The van der Waals surface area contributed by atoms with Gasteiger partial charge in [0.05, 0.1) is 11.2 Å². The van der Waals surface area contributed by atoms with Crippen LogP contribution in [0.1, 0.15) is 30.1 Å². The van der Waals surface area contributed by atoms with Gasteiger partial charge in [-0.05, 0) is 41.8 Å². The third-order valence-electron chi connectivity index (χ3n) is 3.35. The SMILES string of the molecule is CC1(O)CCN(C(=O)c2cc(Br)cnc2NN)CC1. The minimum absolute atomic E-state index is 0.128. The number of pyridine rings is 1. The fourth-order valence-electron chi connectivity index (χ4n) is 2.08. The van der Waals surface area contributed by atoms with E-state index in [0.29, 0.717) is 37.3 Å². The van der Waals surface area contributed by atoms with Gasteiger partial charge in [0.15, 0.2) is 5.82 Å². The maximum atomic E-state index is 12.4. The number of halogens is 1. The third-order valence-corrected chi connectivity index (χ3v) is 3.78. The van der Waals surface area contributed by atoms with Gasteiger partial charge in [0.2, 0.25) is 0 Å². The molecule has 0 aliphatic carbocycles.